The van der Waals surface area contributed by atoms with Crippen LogP contribution in [0.5, 0.6) is 0 Å². The van der Waals surface area contributed by atoms with E-state index < -0.39 is 6.04 Å². The molecule has 15 heavy (non-hydrogen) atoms. The number of carbonyl (C=O) groups is 2. The van der Waals surface area contributed by atoms with Gasteiger partial charge in [-0.15, -0.1) is 0 Å². The largest absolute Gasteiger partial charge is 0.409 e. The lowest BCUT2D eigenvalue weighted by Gasteiger charge is -2.28. The van der Waals surface area contributed by atoms with E-state index in [-0.39, 0.29) is 24.2 Å². The van der Waals surface area contributed by atoms with Gasteiger partial charge in [0.1, 0.15) is 0 Å². The fraction of sp³-hybridized carbons (Fsp3) is 0.625. The summed E-state index contributed by atoms with van der Waals surface area (Å²) in [6.45, 7) is 0.120. The molecule has 0 aromatic heterocycles. The third-order valence-electron chi connectivity index (χ3n) is 2.31. The Morgan fingerprint density at radius 1 is 1.73 bits per heavy atom. The monoisotopic (exact) mass is 214 g/mol. The fourth-order valence-electron chi connectivity index (χ4n) is 1.37. The summed E-state index contributed by atoms with van der Waals surface area (Å²) in [4.78, 5) is 23.8. The normalized spacial score (nSPS) is 23.4. The van der Waals surface area contributed by atoms with Gasteiger partial charge < -0.3 is 10.9 Å². The summed E-state index contributed by atoms with van der Waals surface area (Å²) in [6, 6.07) is -0.437. The van der Waals surface area contributed by atoms with Crippen LogP contribution in [0.4, 0.5) is 0 Å². The lowest BCUT2D eigenvalue weighted by Crippen LogP contribution is -2.52. The Hall–Kier alpha value is -1.63. The van der Waals surface area contributed by atoms with Crippen LogP contribution in [0.25, 0.3) is 0 Å². The second-order valence-electron chi connectivity index (χ2n) is 3.35. The number of nitrogens with zero attached hydrogens (tertiary/aromatic N) is 2. The Kier molecular flexibility index (Phi) is 3.62. The van der Waals surface area contributed by atoms with Crippen molar-refractivity contribution in [1.29, 1.82) is 0 Å². The van der Waals surface area contributed by atoms with E-state index in [1.807, 2.05) is 0 Å². The Balaban J connectivity index is 2.50. The summed E-state index contributed by atoms with van der Waals surface area (Å²) in [5.74, 6) is -0.457. The molecule has 1 atom stereocenters. The Morgan fingerprint density at radius 3 is 3.00 bits per heavy atom. The molecule has 2 amide bonds. The molecule has 0 aliphatic carbocycles. The van der Waals surface area contributed by atoms with Crippen LogP contribution in [0.1, 0.15) is 12.8 Å². The fourth-order valence-corrected chi connectivity index (χ4v) is 1.37. The van der Waals surface area contributed by atoms with Gasteiger partial charge in [-0.3, -0.25) is 19.8 Å². The van der Waals surface area contributed by atoms with Gasteiger partial charge in [0.15, 0.2) is 5.84 Å². The number of hydrogen-bond acceptors (Lipinski definition) is 5. The zero-order chi connectivity index (χ0) is 11.4. The quantitative estimate of drug-likeness (QED) is 0.174. The van der Waals surface area contributed by atoms with Gasteiger partial charge in [0.05, 0.1) is 12.6 Å². The second-order valence-corrected chi connectivity index (χ2v) is 3.35. The Bertz CT molecular complexity index is 302. The maximum atomic E-state index is 11.5. The highest BCUT2D eigenvalue weighted by atomic mass is 16.4. The second kappa shape index (κ2) is 4.74. The molecule has 1 aliphatic heterocycles. The average molecular weight is 214 g/mol. The summed E-state index contributed by atoms with van der Waals surface area (Å²) in [6.07, 6.45) is 0.775. The number of likely N-dealkylation sites (N-methyl/N-ethyl adjacent to an activating group) is 1. The number of amides is 2. The molecule has 84 valence electrons. The highest BCUT2D eigenvalue weighted by Gasteiger charge is 2.31. The first-order chi connectivity index (χ1) is 7.06. The number of oxime groups is 1. The minimum atomic E-state index is -0.437. The molecule has 0 saturated carbocycles. The van der Waals surface area contributed by atoms with Gasteiger partial charge >= 0.3 is 0 Å². The summed E-state index contributed by atoms with van der Waals surface area (Å²) < 4.78 is 0. The number of likely N-dealkylation sites (tertiary alicyclic amines) is 1. The number of nitrogens with one attached hydrogen (secondary N) is 1. The maximum Gasteiger partial charge on any atom is 0.246 e. The van der Waals surface area contributed by atoms with E-state index in [9.17, 15) is 9.59 Å². The third-order valence-corrected chi connectivity index (χ3v) is 2.31. The van der Waals surface area contributed by atoms with Crippen LogP contribution >= 0.6 is 0 Å². The number of nitrogens with two attached hydrogens (primary N) is 1. The summed E-state index contributed by atoms with van der Waals surface area (Å²) in [5.41, 5.74) is 5.24. The van der Waals surface area contributed by atoms with E-state index in [1.54, 1.807) is 0 Å². The molecule has 1 unspecified atom stereocenters. The number of carbonyl (C=O) groups excluding carboxylic acids is 2. The van der Waals surface area contributed by atoms with Gasteiger partial charge in [0, 0.05) is 13.5 Å². The first-order valence-electron chi connectivity index (χ1n) is 4.56. The molecule has 0 radical (unpaired) electrons. The topological polar surface area (TPSA) is 108 Å². The minimum Gasteiger partial charge on any atom is -0.409 e. The molecule has 0 spiro atoms. The molecule has 7 heteroatoms. The van der Waals surface area contributed by atoms with Crippen molar-refractivity contribution in [3.63, 3.8) is 0 Å². The lowest BCUT2D eigenvalue weighted by molar-refractivity contribution is -0.147. The standard InChI is InChI=1S/C8H14N4O3/c1-12-7(13)3-2-5(8(12)14)10-4-6(9)11-15/h5,10,15H,2-4H2,1H3,(H2,9,11). The van der Waals surface area contributed by atoms with E-state index in [0.717, 1.165) is 4.90 Å². The van der Waals surface area contributed by atoms with Crippen LogP contribution in [0.15, 0.2) is 5.16 Å². The van der Waals surface area contributed by atoms with Gasteiger partial charge in [0.2, 0.25) is 11.8 Å². The van der Waals surface area contributed by atoms with E-state index in [1.165, 1.54) is 7.05 Å². The van der Waals surface area contributed by atoms with Crippen molar-refractivity contribution in [2.45, 2.75) is 18.9 Å². The number of hydrogen-bond donors (Lipinski definition) is 3. The van der Waals surface area contributed by atoms with Crippen LogP contribution < -0.4 is 11.1 Å². The summed E-state index contributed by atoms with van der Waals surface area (Å²) >= 11 is 0. The number of piperidine rings is 1. The Morgan fingerprint density at radius 2 is 2.40 bits per heavy atom. The summed E-state index contributed by atoms with van der Waals surface area (Å²) in [5, 5.41) is 13.9. The Labute approximate surface area is 86.9 Å². The SMILES string of the molecule is CN1C(=O)CCC(NCC(N)=NO)C1=O. The van der Waals surface area contributed by atoms with Gasteiger partial charge in [-0.05, 0) is 6.42 Å². The lowest BCUT2D eigenvalue weighted by atomic mass is 10.0. The van der Waals surface area contributed by atoms with Crippen molar-refractivity contribution >= 4 is 17.6 Å². The highest BCUT2D eigenvalue weighted by molar-refractivity contribution is 6.00. The van der Waals surface area contributed by atoms with Crippen molar-refractivity contribution in [1.82, 2.24) is 10.2 Å². The number of amidine groups is 1. The molecule has 1 saturated heterocycles. The highest BCUT2D eigenvalue weighted by Crippen LogP contribution is 2.10. The van der Waals surface area contributed by atoms with E-state index in [4.69, 9.17) is 10.9 Å². The van der Waals surface area contributed by atoms with Gasteiger partial charge in [0.25, 0.3) is 0 Å². The molecule has 1 aliphatic rings. The maximum absolute atomic E-state index is 11.5. The van der Waals surface area contributed by atoms with Crippen molar-refractivity contribution < 1.29 is 14.8 Å². The van der Waals surface area contributed by atoms with Gasteiger partial charge in [-0.2, -0.15) is 0 Å². The molecule has 1 rings (SSSR count). The van der Waals surface area contributed by atoms with Crippen molar-refractivity contribution in [2.24, 2.45) is 10.9 Å². The van der Waals surface area contributed by atoms with Crippen molar-refractivity contribution in [2.75, 3.05) is 13.6 Å². The molecule has 7 nitrogen and oxygen atoms in total. The number of rotatable bonds is 3. The predicted molar refractivity (Wildman–Crippen MR) is 52.2 cm³/mol. The van der Waals surface area contributed by atoms with Crippen molar-refractivity contribution in [3.05, 3.63) is 0 Å². The van der Waals surface area contributed by atoms with Crippen LogP contribution in [0.2, 0.25) is 0 Å². The molecule has 0 bridgehead atoms. The zero-order valence-corrected chi connectivity index (χ0v) is 8.43. The van der Waals surface area contributed by atoms with Crippen LogP contribution in [0, 0.1) is 0 Å². The van der Waals surface area contributed by atoms with Crippen LogP contribution in [-0.2, 0) is 9.59 Å². The van der Waals surface area contributed by atoms with E-state index >= 15 is 0 Å². The molecular formula is C8H14N4O3. The van der Waals surface area contributed by atoms with E-state index in [0.29, 0.717) is 12.8 Å². The molecular weight excluding hydrogens is 200 g/mol. The van der Waals surface area contributed by atoms with E-state index in [2.05, 4.69) is 10.5 Å². The minimum absolute atomic E-state index is 0.00218. The molecule has 0 aromatic carbocycles. The molecule has 4 N–H and O–H groups in total. The van der Waals surface area contributed by atoms with Crippen LogP contribution in [0.3, 0.4) is 0 Å². The first kappa shape index (κ1) is 11.4. The number of imide groups is 1. The predicted octanol–water partition coefficient (Wildman–Crippen LogP) is -1.53. The molecule has 1 heterocycles. The van der Waals surface area contributed by atoms with Gasteiger partial charge in [-0.1, -0.05) is 5.16 Å². The third kappa shape index (κ3) is 2.66. The first-order valence-corrected chi connectivity index (χ1v) is 4.56. The van der Waals surface area contributed by atoms with Crippen molar-refractivity contribution in [3.8, 4) is 0 Å². The average Bonchev–Trinajstić information content (AvgIpc) is 2.24. The van der Waals surface area contributed by atoms with Gasteiger partial charge in [-0.25, -0.2) is 0 Å². The smallest absolute Gasteiger partial charge is 0.246 e. The zero-order valence-electron chi connectivity index (χ0n) is 8.43. The summed E-state index contributed by atoms with van der Waals surface area (Å²) in [7, 11) is 1.45. The molecule has 0 aromatic rings. The molecule has 1 fully saturated rings. The van der Waals surface area contributed by atoms with Crippen LogP contribution in [-0.4, -0.2) is 47.4 Å².